The van der Waals surface area contributed by atoms with E-state index in [0.29, 0.717) is 19.0 Å². The van der Waals surface area contributed by atoms with Gasteiger partial charge in [0.25, 0.3) is 0 Å². The van der Waals surface area contributed by atoms with Gasteiger partial charge in [-0.3, -0.25) is 9.78 Å². The molecule has 0 radical (unpaired) electrons. The fourth-order valence-corrected chi connectivity index (χ4v) is 3.38. The summed E-state index contributed by atoms with van der Waals surface area (Å²) < 4.78 is 0. The third-order valence-corrected chi connectivity index (χ3v) is 4.47. The number of amides is 1. The van der Waals surface area contributed by atoms with E-state index in [4.69, 9.17) is 0 Å². The van der Waals surface area contributed by atoms with E-state index in [1.54, 1.807) is 23.7 Å². The first-order valence-electron chi connectivity index (χ1n) is 7.14. The Morgan fingerprint density at radius 3 is 3.19 bits per heavy atom. The average molecular weight is 302 g/mol. The fraction of sp³-hybridized carbons (Fsp3) is 0.400. The van der Waals surface area contributed by atoms with Crippen molar-refractivity contribution in [2.75, 3.05) is 18.0 Å². The Hall–Kier alpha value is -1.95. The molecule has 0 aromatic carbocycles. The second kappa shape index (κ2) is 6.67. The summed E-state index contributed by atoms with van der Waals surface area (Å²) in [6.45, 7) is 1.70. The highest BCUT2D eigenvalue weighted by Gasteiger charge is 2.26. The van der Waals surface area contributed by atoms with Crippen molar-refractivity contribution < 1.29 is 4.79 Å². The minimum atomic E-state index is 0.0500. The summed E-state index contributed by atoms with van der Waals surface area (Å²) in [6, 6.07) is 4.13. The van der Waals surface area contributed by atoms with Gasteiger partial charge in [0.1, 0.15) is 0 Å². The SMILES string of the molecule is O=C(Cc1cccnc1)NCC1CCCN1c1nccs1. The van der Waals surface area contributed by atoms with Gasteiger partial charge in [0.15, 0.2) is 5.13 Å². The van der Waals surface area contributed by atoms with Crippen molar-refractivity contribution in [1.82, 2.24) is 15.3 Å². The molecule has 1 saturated heterocycles. The summed E-state index contributed by atoms with van der Waals surface area (Å²) in [5, 5.41) is 6.08. The van der Waals surface area contributed by atoms with Gasteiger partial charge in [0.2, 0.25) is 5.91 Å². The van der Waals surface area contributed by atoms with Crippen LogP contribution in [0.1, 0.15) is 18.4 Å². The number of hydrogen-bond donors (Lipinski definition) is 1. The van der Waals surface area contributed by atoms with Gasteiger partial charge in [-0.05, 0) is 24.5 Å². The highest BCUT2D eigenvalue weighted by molar-refractivity contribution is 7.13. The van der Waals surface area contributed by atoms with Gasteiger partial charge in [-0.2, -0.15) is 0 Å². The summed E-state index contributed by atoms with van der Waals surface area (Å²) in [6.07, 6.45) is 7.92. The molecule has 0 spiro atoms. The van der Waals surface area contributed by atoms with Crippen LogP contribution >= 0.6 is 11.3 Å². The van der Waals surface area contributed by atoms with Gasteiger partial charge in [-0.15, -0.1) is 11.3 Å². The maximum absolute atomic E-state index is 12.0. The number of aromatic nitrogens is 2. The lowest BCUT2D eigenvalue weighted by molar-refractivity contribution is -0.120. The summed E-state index contributed by atoms with van der Waals surface area (Å²) in [4.78, 5) is 22.7. The molecule has 1 amide bonds. The van der Waals surface area contributed by atoms with E-state index in [1.807, 2.05) is 23.7 Å². The van der Waals surface area contributed by atoms with Gasteiger partial charge < -0.3 is 10.2 Å². The largest absolute Gasteiger partial charge is 0.354 e. The fourth-order valence-electron chi connectivity index (χ4n) is 2.64. The van der Waals surface area contributed by atoms with Crippen LogP contribution in [0.25, 0.3) is 0 Å². The molecule has 2 aromatic rings. The van der Waals surface area contributed by atoms with Gasteiger partial charge in [0, 0.05) is 43.1 Å². The normalized spacial score (nSPS) is 17.9. The Balaban J connectivity index is 1.51. The maximum atomic E-state index is 12.0. The summed E-state index contributed by atoms with van der Waals surface area (Å²) >= 11 is 1.65. The zero-order valence-electron chi connectivity index (χ0n) is 11.7. The molecule has 3 rings (SSSR count). The van der Waals surface area contributed by atoms with E-state index in [1.165, 1.54) is 0 Å². The Labute approximate surface area is 128 Å². The third-order valence-electron chi connectivity index (χ3n) is 3.66. The Morgan fingerprint density at radius 2 is 2.43 bits per heavy atom. The monoisotopic (exact) mass is 302 g/mol. The standard InChI is InChI=1S/C15H18N4OS/c20-14(9-12-3-1-5-16-10-12)18-11-13-4-2-7-19(13)15-17-6-8-21-15/h1,3,5-6,8,10,13H,2,4,7,9,11H2,(H,18,20). The Kier molecular flexibility index (Phi) is 4.45. The molecule has 21 heavy (non-hydrogen) atoms. The lowest BCUT2D eigenvalue weighted by Crippen LogP contribution is -2.40. The summed E-state index contributed by atoms with van der Waals surface area (Å²) in [7, 11) is 0. The molecule has 1 aliphatic heterocycles. The molecule has 0 saturated carbocycles. The highest BCUT2D eigenvalue weighted by Crippen LogP contribution is 2.26. The molecule has 0 aliphatic carbocycles. The van der Waals surface area contributed by atoms with Gasteiger partial charge in [0.05, 0.1) is 6.42 Å². The number of carbonyl (C=O) groups excluding carboxylic acids is 1. The Morgan fingerprint density at radius 1 is 1.48 bits per heavy atom. The predicted molar refractivity (Wildman–Crippen MR) is 83.4 cm³/mol. The van der Waals surface area contributed by atoms with Crippen LogP contribution in [0.4, 0.5) is 5.13 Å². The number of rotatable bonds is 5. The van der Waals surface area contributed by atoms with Crippen molar-refractivity contribution in [3.8, 4) is 0 Å². The summed E-state index contributed by atoms with van der Waals surface area (Å²) in [5.41, 5.74) is 0.943. The third kappa shape index (κ3) is 3.58. The lowest BCUT2D eigenvalue weighted by atomic mass is 10.2. The number of pyridine rings is 1. The first-order valence-corrected chi connectivity index (χ1v) is 8.02. The number of carbonyl (C=O) groups is 1. The van der Waals surface area contributed by atoms with Crippen molar-refractivity contribution in [3.05, 3.63) is 41.7 Å². The molecule has 1 atom stereocenters. The zero-order chi connectivity index (χ0) is 14.5. The molecular formula is C15H18N4OS. The molecule has 110 valence electrons. The number of hydrogen-bond acceptors (Lipinski definition) is 5. The maximum Gasteiger partial charge on any atom is 0.224 e. The smallest absolute Gasteiger partial charge is 0.224 e. The van der Waals surface area contributed by atoms with E-state index in [9.17, 15) is 4.79 Å². The van der Waals surface area contributed by atoms with Crippen LogP contribution in [0.5, 0.6) is 0 Å². The lowest BCUT2D eigenvalue weighted by Gasteiger charge is -2.24. The average Bonchev–Trinajstić information content (AvgIpc) is 3.17. The minimum Gasteiger partial charge on any atom is -0.354 e. The molecule has 3 heterocycles. The number of nitrogens with zero attached hydrogens (tertiary/aromatic N) is 3. The molecular weight excluding hydrogens is 284 g/mol. The zero-order valence-corrected chi connectivity index (χ0v) is 12.6. The van der Waals surface area contributed by atoms with Crippen molar-refractivity contribution in [2.45, 2.75) is 25.3 Å². The van der Waals surface area contributed by atoms with E-state index >= 15 is 0 Å². The Bertz CT molecular complexity index is 573. The quantitative estimate of drug-likeness (QED) is 0.916. The van der Waals surface area contributed by atoms with Crippen LogP contribution in [0.15, 0.2) is 36.1 Å². The van der Waals surface area contributed by atoms with Crippen molar-refractivity contribution in [3.63, 3.8) is 0 Å². The van der Waals surface area contributed by atoms with E-state index in [-0.39, 0.29) is 5.91 Å². The van der Waals surface area contributed by atoms with Crippen LogP contribution in [-0.2, 0) is 11.2 Å². The van der Waals surface area contributed by atoms with Crippen molar-refractivity contribution in [1.29, 1.82) is 0 Å². The molecule has 6 heteroatoms. The van der Waals surface area contributed by atoms with Crippen LogP contribution in [-0.4, -0.2) is 35.0 Å². The van der Waals surface area contributed by atoms with Crippen molar-refractivity contribution in [2.24, 2.45) is 0 Å². The van der Waals surface area contributed by atoms with Crippen LogP contribution in [0, 0.1) is 0 Å². The first-order chi connectivity index (χ1) is 10.3. The summed E-state index contributed by atoms with van der Waals surface area (Å²) in [5.74, 6) is 0.0500. The second-order valence-corrected chi connectivity index (χ2v) is 6.02. The topological polar surface area (TPSA) is 58.1 Å². The van der Waals surface area contributed by atoms with Crippen LogP contribution in [0.3, 0.4) is 0 Å². The number of thiazole rings is 1. The van der Waals surface area contributed by atoms with Gasteiger partial charge >= 0.3 is 0 Å². The molecule has 2 aromatic heterocycles. The second-order valence-electron chi connectivity index (χ2n) is 5.15. The number of anilines is 1. The first kappa shape index (κ1) is 14.0. The molecule has 1 N–H and O–H groups in total. The van der Waals surface area contributed by atoms with E-state index in [0.717, 1.165) is 30.1 Å². The number of nitrogens with one attached hydrogen (secondary N) is 1. The molecule has 5 nitrogen and oxygen atoms in total. The van der Waals surface area contributed by atoms with Crippen molar-refractivity contribution >= 4 is 22.4 Å². The molecule has 1 aliphatic rings. The molecule has 1 unspecified atom stereocenters. The van der Waals surface area contributed by atoms with Gasteiger partial charge in [-0.25, -0.2) is 4.98 Å². The predicted octanol–water partition coefficient (Wildman–Crippen LogP) is 1.87. The molecule has 1 fully saturated rings. The van der Waals surface area contributed by atoms with Crippen LogP contribution < -0.4 is 10.2 Å². The van der Waals surface area contributed by atoms with Gasteiger partial charge in [-0.1, -0.05) is 6.07 Å². The van der Waals surface area contributed by atoms with E-state index in [2.05, 4.69) is 20.2 Å². The van der Waals surface area contributed by atoms with Crippen LogP contribution in [0.2, 0.25) is 0 Å². The van der Waals surface area contributed by atoms with E-state index < -0.39 is 0 Å². The molecule has 0 bridgehead atoms. The minimum absolute atomic E-state index is 0.0500. The highest BCUT2D eigenvalue weighted by atomic mass is 32.1.